The number of carbonyl (C=O) groups is 1. The van der Waals surface area contributed by atoms with E-state index in [0.29, 0.717) is 25.0 Å². The van der Waals surface area contributed by atoms with E-state index in [4.69, 9.17) is 0 Å². The van der Waals surface area contributed by atoms with Crippen molar-refractivity contribution in [1.29, 1.82) is 0 Å². The molecule has 0 aromatic heterocycles. The third kappa shape index (κ3) is 2.53. The summed E-state index contributed by atoms with van der Waals surface area (Å²) < 4.78 is 13.6. The van der Waals surface area contributed by atoms with Crippen LogP contribution in [-0.2, 0) is 0 Å². The van der Waals surface area contributed by atoms with Gasteiger partial charge >= 0.3 is 0 Å². The fourth-order valence-corrected chi connectivity index (χ4v) is 2.56. The van der Waals surface area contributed by atoms with Crippen molar-refractivity contribution in [2.24, 2.45) is 5.92 Å². The number of amides is 1. The third-order valence-corrected chi connectivity index (χ3v) is 3.67. The lowest BCUT2D eigenvalue weighted by Crippen LogP contribution is -2.49. The van der Waals surface area contributed by atoms with Gasteiger partial charge in [0.1, 0.15) is 5.82 Å². The summed E-state index contributed by atoms with van der Waals surface area (Å²) in [4.78, 5) is 14.0. The third-order valence-electron chi connectivity index (χ3n) is 3.67. The number of piperidine rings is 1. The molecule has 4 heteroatoms. The number of nitrogens with zero attached hydrogens (tertiary/aromatic N) is 1. The minimum absolute atomic E-state index is 0.174. The van der Waals surface area contributed by atoms with Gasteiger partial charge in [0.25, 0.3) is 5.91 Å². The van der Waals surface area contributed by atoms with Crippen molar-refractivity contribution >= 4 is 5.91 Å². The molecular formula is C14H19FN2O. The van der Waals surface area contributed by atoms with Gasteiger partial charge in [0.2, 0.25) is 0 Å². The molecule has 1 aliphatic heterocycles. The highest BCUT2D eigenvalue weighted by Gasteiger charge is 2.28. The van der Waals surface area contributed by atoms with Crippen LogP contribution >= 0.6 is 0 Å². The molecule has 3 nitrogen and oxygen atoms in total. The average molecular weight is 250 g/mol. The molecule has 0 aliphatic carbocycles. The van der Waals surface area contributed by atoms with E-state index in [0.717, 1.165) is 6.42 Å². The van der Waals surface area contributed by atoms with Gasteiger partial charge in [0.05, 0.1) is 5.56 Å². The number of nitrogens with one attached hydrogen (secondary N) is 1. The lowest BCUT2D eigenvalue weighted by molar-refractivity contribution is 0.0644. The molecule has 1 aliphatic rings. The van der Waals surface area contributed by atoms with Gasteiger partial charge < -0.3 is 10.2 Å². The highest BCUT2D eigenvalue weighted by Crippen LogP contribution is 2.19. The highest BCUT2D eigenvalue weighted by molar-refractivity contribution is 5.94. The quantitative estimate of drug-likeness (QED) is 0.869. The molecule has 0 radical (unpaired) electrons. The lowest BCUT2D eigenvalue weighted by atomic mass is 9.93. The molecule has 1 fully saturated rings. The minimum atomic E-state index is -0.439. The largest absolute Gasteiger partial charge is 0.338 e. The van der Waals surface area contributed by atoms with Gasteiger partial charge in [0, 0.05) is 19.1 Å². The van der Waals surface area contributed by atoms with Gasteiger partial charge in [0.15, 0.2) is 0 Å². The maximum atomic E-state index is 13.6. The first-order valence-electron chi connectivity index (χ1n) is 6.34. The zero-order chi connectivity index (χ0) is 13.1. The Bertz CT molecular complexity index is 436. The van der Waals surface area contributed by atoms with E-state index >= 15 is 0 Å². The number of hydrogen-bond donors (Lipinski definition) is 1. The summed E-state index contributed by atoms with van der Waals surface area (Å²) in [5.41, 5.74) is 0.174. The van der Waals surface area contributed by atoms with Gasteiger partial charge in [-0.1, -0.05) is 19.1 Å². The van der Waals surface area contributed by atoms with E-state index in [1.54, 1.807) is 23.1 Å². The Labute approximate surface area is 107 Å². The molecule has 1 N–H and O–H groups in total. The molecule has 2 rings (SSSR count). The van der Waals surface area contributed by atoms with Gasteiger partial charge in [-0.2, -0.15) is 0 Å². The fourth-order valence-electron chi connectivity index (χ4n) is 2.56. The Kier molecular flexibility index (Phi) is 3.97. The van der Waals surface area contributed by atoms with E-state index in [2.05, 4.69) is 12.2 Å². The summed E-state index contributed by atoms with van der Waals surface area (Å²) in [6, 6.07) is 6.61. The molecule has 98 valence electrons. The van der Waals surface area contributed by atoms with Crippen LogP contribution in [-0.4, -0.2) is 37.0 Å². The molecular weight excluding hydrogens is 231 g/mol. The Morgan fingerprint density at radius 2 is 2.17 bits per heavy atom. The standard InChI is InChI=1S/C14H19FN2O/c1-10-9-17(8-7-13(10)16-2)14(18)11-5-3-4-6-12(11)15/h3-6,10,13,16H,7-9H2,1-2H3. The predicted octanol–water partition coefficient (Wildman–Crippen LogP) is 1.90. The smallest absolute Gasteiger partial charge is 0.256 e. The van der Waals surface area contributed by atoms with Crippen LogP contribution in [0.2, 0.25) is 0 Å². The average Bonchev–Trinajstić information content (AvgIpc) is 2.38. The molecule has 1 amide bonds. The Morgan fingerprint density at radius 3 is 2.78 bits per heavy atom. The van der Waals surface area contributed by atoms with Crippen molar-refractivity contribution in [2.75, 3.05) is 20.1 Å². The molecule has 0 bridgehead atoms. The van der Waals surface area contributed by atoms with Crippen molar-refractivity contribution in [3.63, 3.8) is 0 Å². The van der Waals surface area contributed by atoms with Gasteiger partial charge in [-0.15, -0.1) is 0 Å². The molecule has 1 saturated heterocycles. The maximum absolute atomic E-state index is 13.6. The summed E-state index contributed by atoms with van der Waals surface area (Å²) in [6.45, 7) is 3.48. The first kappa shape index (κ1) is 13.0. The monoisotopic (exact) mass is 250 g/mol. The molecule has 18 heavy (non-hydrogen) atoms. The molecule has 0 saturated carbocycles. The van der Waals surface area contributed by atoms with E-state index in [1.165, 1.54) is 6.07 Å². The van der Waals surface area contributed by atoms with Crippen molar-refractivity contribution in [2.45, 2.75) is 19.4 Å². The Balaban J connectivity index is 2.10. The highest BCUT2D eigenvalue weighted by atomic mass is 19.1. The van der Waals surface area contributed by atoms with Crippen LogP contribution in [0.15, 0.2) is 24.3 Å². The second kappa shape index (κ2) is 5.48. The summed E-state index contributed by atoms with van der Waals surface area (Å²) in [7, 11) is 1.94. The topological polar surface area (TPSA) is 32.3 Å². The zero-order valence-corrected chi connectivity index (χ0v) is 10.8. The number of rotatable bonds is 2. The normalized spacial score (nSPS) is 24.1. The van der Waals surface area contributed by atoms with Crippen molar-refractivity contribution in [3.8, 4) is 0 Å². The first-order valence-corrected chi connectivity index (χ1v) is 6.34. The number of halogens is 1. The van der Waals surface area contributed by atoms with E-state index in [9.17, 15) is 9.18 Å². The van der Waals surface area contributed by atoms with E-state index in [1.807, 2.05) is 7.05 Å². The Morgan fingerprint density at radius 1 is 1.44 bits per heavy atom. The zero-order valence-electron chi connectivity index (χ0n) is 10.8. The molecule has 2 atom stereocenters. The summed E-state index contributed by atoms with van der Waals surface area (Å²) in [5.74, 6) is -0.250. The summed E-state index contributed by atoms with van der Waals surface area (Å²) >= 11 is 0. The fraction of sp³-hybridized carbons (Fsp3) is 0.500. The number of benzene rings is 1. The molecule has 2 unspecified atom stereocenters. The van der Waals surface area contributed by atoms with Crippen LogP contribution in [0.25, 0.3) is 0 Å². The van der Waals surface area contributed by atoms with Crippen molar-refractivity contribution in [1.82, 2.24) is 10.2 Å². The second-order valence-corrected chi connectivity index (χ2v) is 4.89. The van der Waals surface area contributed by atoms with Crippen LogP contribution in [0, 0.1) is 11.7 Å². The van der Waals surface area contributed by atoms with Gasteiger partial charge in [-0.3, -0.25) is 4.79 Å². The minimum Gasteiger partial charge on any atom is -0.338 e. The van der Waals surface area contributed by atoms with Crippen molar-refractivity contribution < 1.29 is 9.18 Å². The molecule has 1 heterocycles. The van der Waals surface area contributed by atoms with Crippen LogP contribution in [0.5, 0.6) is 0 Å². The molecule has 0 spiro atoms. The van der Waals surface area contributed by atoms with E-state index < -0.39 is 5.82 Å². The molecule has 1 aromatic carbocycles. The predicted molar refractivity (Wildman–Crippen MR) is 68.9 cm³/mol. The number of hydrogen-bond acceptors (Lipinski definition) is 2. The maximum Gasteiger partial charge on any atom is 0.256 e. The van der Waals surface area contributed by atoms with Crippen LogP contribution < -0.4 is 5.32 Å². The van der Waals surface area contributed by atoms with Crippen molar-refractivity contribution in [3.05, 3.63) is 35.6 Å². The van der Waals surface area contributed by atoms with Crippen LogP contribution in [0.3, 0.4) is 0 Å². The molecule has 1 aromatic rings. The lowest BCUT2D eigenvalue weighted by Gasteiger charge is -2.36. The number of likely N-dealkylation sites (tertiary alicyclic amines) is 1. The van der Waals surface area contributed by atoms with Gasteiger partial charge in [-0.05, 0) is 31.5 Å². The second-order valence-electron chi connectivity index (χ2n) is 4.89. The SMILES string of the molecule is CNC1CCN(C(=O)c2ccccc2F)CC1C. The first-order chi connectivity index (χ1) is 8.63. The van der Waals surface area contributed by atoms with E-state index in [-0.39, 0.29) is 11.5 Å². The Hall–Kier alpha value is -1.42. The summed E-state index contributed by atoms with van der Waals surface area (Å²) in [5, 5.41) is 3.25. The van der Waals surface area contributed by atoms with Crippen LogP contribution in [0.1, 0.15) is 23.7 Å². The summed E-state index contributed by atoms with van der Waals surface area (Å²) in [6.07, 6.45) is 0.915. The van der Waals surface area contributed by atoms with Gasteiger partial charge in [-0.25, -0.2) is 4.39 Å². The van der Waals surface area contributed by atoms with Crippen LogP contribution in [0.4, 0.5) is 4.39 Å². The number of carbonyl (C=O) groups excluding carboxylic acids is 1.